The lowest BCUT2D eigenvalue weighted by molar-refractivity contribution is -0.308. The summed E-state index contributed by atoms with van der Waals surface area (Å²) in [6.45, 7) is 6.22. The molecule has 27 heavy (non-hydrogen) atoms. The molecule has 0 aromatic heterocycles. The van der Waals surface area contributed by atoms with Crippen LogP contribution in [0.15, 0.2) is 30.3 Å². The molecule has 0 aliphatic carbocycles. The van der Waals surface area contributed by atoms with Gasteiger partial charge in [0, 0.05) is 19.0 Å². The maximum Gasteiger partial charge on any atom is 0.410 e. The molecular formula is C20H27N2O5-. The smallest absolute Gasteiger partial charge is 0.410 e. The predicted molar refractivity (Wildman–Crippen MR) is 97.6 cm³/mol. The highest BCUT2D eigenvalue weighted by Gasteiger charge is 2.30. The number of carboxylic acids is 1. The van der Waals surface area contributed by atoms with Crippen LogP contribution in [0.2, 0.25) is 0 Å². The Kier molecular flexibility index (Phi) is 6.82. The molecule has 0 saturated carbocycles. The summed E-state index contributed by atoms with van der Waals surface area (Å²) in [5.41, 5.74) is 0.247. The van der Waals surface area contributed by atoms with Crippen LogP contribution in [-0.4, -0.2) is 47.6 Å². The predicted octanol–water partition coefficient (Wildman–Crippen LogP) is 1.11. The van der Waals surface area contributed by atoms with E-state index < -0.39 is 23.7 Å². The van der Waals surface area contributed by atoms with Gasteiger partial charge in [0.05, 0.1) is 12.0 Å². The summed E-state index contributed by atoms with van der Waals surface area (Å²) in [5.74, 6) is -1.95. The molecule has 2 rings (SSSR count). The van der Waals surface area contributed by atoms with E-state index in [1.165, 1.54) is 0 Å². The highest BCUT2D eigenvalue weighted by atomic mass is 16.6. The minimum absolute atomic E-state index is 0.172. The molecule has 1 aliphatic rings. The van der Waals surface area contributed by atoms with E-state index in [1.54, 1.807) is 37.8 Å². The molecule has 0 unspecified atom stereocenters. The normalized spacial score (nSPS) is 16.5. The van der Waals surface area contributed by atoms with Gasteiger partial charge in [-0.2, -0.15) is 0 Å². The number of nitrogens with zero attached hydrogens (tertiary/aromatic N) is 1. The molecule has 1 saturated heterocycles. The van der Waals surface area contributed by atoms with E-state index in [0.29, 0.717) is 25.9 Å². The maximum atomic E-state index is 12.5. The minimum Gasteiger partial charge on any atom is -0.548 e. The molecule has 1 heterocycles. The van der Waals surface area contributed by atoms with E-state index in [-0.39, 0.29) is 18.2 Å². The van der Waals surface area contributed by atoms with Crippen molar-refractivity contribution in [2.45, 2.75) is 51.7 Å². The summed E-state index contributed by atoms with van der Waals surface area (Å²) in [4.78, 5) is 37.5. The third-order valence-electron chi connectivity index (χ3n) is 4.40. The van der Waals surface area contributed by atoms with E-state index in [4.69, 9.17) is 4.74 Å². The summed E-state index contributed by atoms with van der Waals surface area (Å²) in [6.07, 6.45) is 0.718. The molecule has 1 aliphatic heterocycles. The minimum atomic E-state index is -1.31. The van der Waals surface area contributed by atoms with Crippen LogP contribution < -0.4 is 10.4 Å². The lowest BCUT2D eigenvalue weighted by Crippen LogP contribution is -2.52. The molecule has 1 atom stereocenters. The van der Waals surface area contributed by atoms with Gasteiger partial charge < -0.3 is 24.9 Å². The van der Waals surface area contributed by atoms with Crippen LogP contribution in [-0.2, 0) is 20.7 Å². The average Bonchev–Trinajstić information content (AvgIpc) is 2.60. The van der Waals surface area contributed by atoms with E-state index in [2.05, 4.69) is 5.32 Å². The fourth-order valence-corrected chi connectivity index (χ4v) is 2.98. The number of benzene rings is 1. The number of carbonyl (C=O) groups is 3. The zero-order valence-electron chi connectivity index (χ0n) is 16.1. The fourth-order valence-electron chi connectivity index (χ4n) is 2.98. The molecule has 7 heteroatoms. The number of carboxylic acid groups (broad SMARTS) is 1. The van der Waals surface area contributed by atoms with Gasteiger partial charge in [0.2, 0.25) is 5.91 Å². The zero-order chi connectivity index (χ0) is 20.0. The van der Waals surface area contributed by atoms with Gasteiger partial charge in [-0.25, -0.2) is 4.79 Å². The Morgan fingerprint density at radius 1 is 1.19 bits per heavy atom. The SMILES string of the molecule is CC(C)(C)OC(=O)N1CCC(C(=O)N[C@H](Cc2ccccc2)C(=O)[O-])CC1. The van der Waals surface area contributed by atoms with Crippen molar-refractivity contribution in [3.05, 3.63) is 35.9 Å². The number of carbonyl (C=O) groups excluding carboxylic acids is 3. The number of aliphatic carboxylic acids is 1. The van der Waals surface area contributed by atoms with Crippen LogP contribution in [0.4, 0.5) is 4.79 Å². The van der Waals surface area contributed by atoms with E-state index in [9.17, 15) is 19.5 Å². The Labute approximate surface area is 159 Å². The van der Waals surface area contributed by atoms with Crippen molar-refractivity contribution >= 4 is 18.0 Å². The van der Waals surface area contributed by atoms with Crippen LogP contribution in [0.1, 0.15) is 39.2 Å². The Morgan fingerprint density at radius 3 is 2.30 bits per heavy atom. The third-order valence-corrected chi connectivity index (χ3v) is 4.40. The number of nitrogens with one attached hydrogen (secondary N) is 1. The molecule has 1 fully saturated rings. The first-order valence-electron chi connectivity index (χ1n) is 9.19. The summed E-state index contributed by atoms with van der Waals surface area (Å²) < 4.78 is 5.34. The van der Waals surface area contributed by atoms with Gasteiger partial charge in [-0.05, 0) is 45.6 Å². The second kappa shape index (κ2) is 8.88. The number of rotatable bonds is 5. The Bertz CT molecular complexity index is 661. The Morgan fingerprint density at radius 2 is 1.78 bits per heavy atom. The van der Waals surface area contributed by atoms with Gasteiger partial charge in [0.1, 0.15) is 5.60 Å². The maximum absolute atomic E-state index is 12.5. The first kappa shape index (κ1) is 20.7. The van der Waals surface area contributed by atoms with E-state index in [0.717, 1.165) is 5.56 Å². The van der Waals surface area contributed by atoms with Crippen molar-refractivity contribution in [3.63, 3.8) is 0 Å². The van der Waals surface area contributed by atoms with Gasteiger partial charge in [-0.1, -0.05) is 30.3 Å². The largest absolute Gasteiger partial charge is 0.548 e. The van der Waals surface area contributed by atoms with Crippen molar-refractivity contribution in [1.82, 2.24) is 10.2 Å². The summed E-state index contributed by atoms with van der Waals surface area (Å²) in [6, 6.07) is 8.01. The van der Waals surface area contributed by atoms with Crippen LogP contribution in [0.3, 0.4) is 0 Å². The van der Waals surface area contributed by atoms with Gasteiger partial charge in [0.15, 0.2) is 0 Å². The van der Waals surface area contributed by atoms with Gasteiger partial charge in [0.25, 0.3) is 0 Å². The molecular weight excluding hydrogens is 348 g/mol. The summed E-state index contributed by atoms with van der Waals surface area (Å²) >= 11 is 0. The number of hydrogen-bond acceptors (Lipinski definition) is 5. The number of likely N-dealkylation sites (tertiary alicyclic amines) is 1. The Hall–Kier alpha value is -2.57. The van der Waals surface area contributed by atoms with Crippen molar-refractivity contribution in [3.8, 4) is 0 Å². The second-order valence-corrected chi connectivity index (χ2v) is 7.81. The van der Waals surface area contributed by atoms with Crippen molar-refractivity contribution in [2.24, 2.45) is 5.92 Å². The zero-order valence-corrected chi connectivity index (χ0v) is 16.1. The van der Waals surface area contributed by atoms with Crippen molar-refractivity contribution in [2.75, 3.05) is 13.1 Å². The number of piperidine rings is 1. The summed E-state index contributed by atoms with van der Waals surface area (Å²) in [7, 11) is 0. The molecule has 1 N–H and O–H groups in total. The van der Waals surface area contributed by atoms with E-state index in [1.807, 2.05) is 18.2 Å². The second-order valence-electron chi connectivity index (χ2n) is 7.81. The van der Waals surface area contributed by atoms with Gasteiger partial charge >= 0.3 is 6.09 Å². The number of hydrogen-bond donors (Lipinski definition) is 1. The standard InChI is InChI=1S/C20H28N2O5/c1-20(2,3)27-19(26)22-11-9-15(10-12-22)17(23)21-16(18(24)25)13-14-7-5-4-6-8-14/h4-8,15-16H,9-13H2,1-3H3,(H,21,23)(H,24,25)/p-1/t16-/m1/s1. The van der Waals surface area contributed by atoms with Crippen LogP contribution in [0, 0.1) is 5.92 Å². The molecule has 2 amide bonds. The number of amides is 2. The van der Waals surface area contributed by atoms with Crippen LogP contribution in [0.25, 0.3) is 0 Å². The first-order chi connectivity index (χ1) is 12.7. The lowest BCUT2D eigenvalue weighted by atomic mass is 9.95. The molecule has 7 nitrogen and oxygen atoms in total. The monoisotopic (exact) mass is 375 g/mol. The topological polar surface area (TPSA) is 98.8 Å². The fraction of sp³-hybridized carbons (Fsp3) is 0.550. The summed E-state index contributed by atoms with van der Waals surface area (Å²) in [5, 5.41) is 14.0. The first-order valence-corrected chi connectivity index (χ1v) is 9.19. The van der Waals surface area contributed by atoms with Crippen molar-refractivity contribution in [1.29, 1.82) is 0 Å². The Balaban J connectivity index is 1.87. The van der Waals surface area contributed by atoms with E-state index >= 15 is 0 Å². The van der Waals surface area contributed by atoms with Crippen molar-refractivity contribution < 1.29 is 24.2 Å². The highest BCUT2D eigenvalue weighted by molar-refractivity contribution is 5.84. The molecule has 1 aromatic carbocycles. The van der Waals surface area contributed by atoms with Gasteiger partial charge in [-0.15, -0.1) is 0 Å². The molecule has 0 spiro atoms. The molecule has 0 bridgehead atoms. The quantitative estimate of drug-likeness (QED) is 0.831. The van der Waals surface area contributed by atoms with Gasteiger partial charge in [-0.3, -0.25) is 4.79 Å². The molecule has 0 radical (unpaired) electrons. The molecule has 1 aromatic rings. The average molecular weight is 375 g/mol. The number of ether oxygens (including phenoxy) is 1. The van der Waals surface area contributed by atoms with Crippen LogP contribution >= 0.6 is 0 Å². The van der Waals surface area contributed by atoms with Crippen LogP contribution in [0.5, 0.6) is 0 Å². The highest BCUT2D eigenvalue weighted by Crippen LogP contribution is 2.20. The lowest BCUT2D eigenvalue weighted by Gasteiger charge is -2.33. The third kappa shape index (κ3) is 6.58. The molecule has 148 valence electrons.